The van der Waals surface area contributed by atoms with E-state index in [0.717, 1.165) is 18.9 Å². The molecular formula is C17H16BrFN2O3S. The van der Waals surface area contributed by atoms with Crippen molar-refractivity contribution < 1.29 is 17.6 Å². The van der Waals surface area contributed by atoms with Gasteiger partial charge in [0, 0.05) is 23.2 Å². The van der Waals surface area contributed by atoms with E-state index in [1.807, 2.05) is 0 Å². The average molecular weight is 427 g/mol. The van der Waals surface area contributed by atoms with Crippen LogP contribution in [0.2, 0.25) is 0 Å². The summed E-state index contributed by atoms with van der Waals surface area (Å²) in [4.78, 5) is 12.4. The molecule has 8 heteroatoms. The molecule has 1 aliphatic heterocycles. The molecule has 1 amide bonds. The summed E-state index contributed by atoms with van der Waals surface area (Å²) < 4.78 is 40.2. The first-order chi connectivity index (χ1) is 11.9. The van der Waals surface area contributed by atoms with Gasteiger partial charge in [-0.05, 0) is 71.2 Å². The van der Waals surface area contributed by atoms with Crippen LogP contribution in [0, 0.1) is 5.82 Å². The Balaban J connectivity index is 1.76. The van der Waals surface area contributed by atoms with Gasteiger partial charge in [0.05, 0.1) is 10.5 Å². The van der Waals surface area contributed by atoms with Crippen LogP contribution in [0.25, 0.3) is 0 Å². The van der Waals surface area contributed by atoms with Crippen LogP contribution in [0.5, 0.6) is 0 Å². The smallest absolute Gasteiger partial charge is 0.256 e. The first-order valence-electron chi connectivity index (χ1n) is 7.74. The SMILES string of the molecule is O=C(Nc1ccc(S(=O)(=O)N2CCCC2)cc1)c1cc(F)ccc1Br. The number of sulfonamides is 1. The molecule has 0 aromatic heterocycles. The summed E-state index contributed by atoms with van der Waals surface area (Å²) in [5.74, 6) is -0.998. The van der Waals surface area contributed by atoms with E-state index in [1.54, 1.807) is 0 Å². The molecular weight excluding hydrogens is 411 g/mol. The van der Waals surface area contributed by atoms with Crippen molar-refractivity contribution in [1.29, 1.82) is 0 Å². The Morgan fingerprint density at radius 2 is 1.72 bits per heavy atom. The molecule has 3 rings (SSSR count). The molecule has 0 unspecified atom stereocenters. The zero-order valence-electron chi connectivity index (χ0n) is 13.2. The molecule has 132 valence electrons. The van der Waals surface area contributed by atoms with Gasteiger partial charge in [0.2, 0.25) is 10.0 Å². The maximum absolute atomic E-state index is 13.3. The van der Waals surface area contributed by atoms with E-state index >= 15 is 0 Å². The van der Waals surface area contributed by atoms with Crippen LogP contribution in [0.1, 0.15) is 23.2 Å². The Morgan fingerprint density at radius 3 is 2.36 bits per heavy atom. The number of carbonyl (C=O) groups excluding carboxylic acids is 1. The van der Waals surface area contributed by atoms with E-state index in [2.05, 4.69) is 21.2 Å². The normalized spacial score (nSPS) is 15.3. The van der Waals surface area contributed by atoms with Crippen molar-refractivity contribution in [2.45, 2.75) is 17.7 Å². The molecule has 1 fully saturated rings. The third-order valence-corrected chi connectivity index (χ3v) is 6.59. The van der Waals surface area contributed by atoms with Gasteiger partial charge < -0.3 is 5.32 Å². The number of carbonyl (C=O) groups is 1. The molecule has 0 atom stereocenters. The predicted octanol–water partition coefficient (Wildman–Crippen LogP) is 3.63. The van der Waals surface area contributed by atoms with Gasteiger partial charge in [0.25, 0.3) is 5.91 Å². The zero-order chi connectivity index (χ0) is 18.0. The Kier molecular flexibility index (Phi) is 5.21. The maximum atomic E-state index is 13.3. The summed E-state index contributed by atoms with van der Waals surface area (Å²) >= 11 is 3.21. The fraction of sp³-hybridized carbons (Fsp3) is 0.235. The summed E-state index contributed by atoms with van der Waals surface area (Å²) in [6.07, 6.45) is 1.74. The number of halogens is 2. The highest BCUT2D eigenvalue weighted by molar-refractivity contribution is 9.10. The molecule has 0 spiro atoms. The third kappa shape index (κ3) is 3.91. The summed E-state index contributed by atoms with van der Waals surface area (Å²) in [6, 6.07) is 9.80. The van der Waals surface area contributed by atoms with Gasteiger partial charge >= 0.3 is 0 Å². The highest BCUT2D eigenvalue weighted by Gasteiger charge is 2.27. The van der Waals surface area contributed by atoms with Crippen molar-refractivity contribution in [1.82, 2.24) is 4.31 Å². The summed E-state index contributed by atoms with van der Waals surface area (Å²) in [7, 11) is -3.48. The third-order valence-electron chi connectivity index (χ3n) is 3.99. The van der Waals surface area contributed by atoms with Crippen LogP contribution in [0.15, 0.2) is 51.8 Å². The summed E-state index contributed by atoms with van der Waals surface area (Å²) in [6.45, 7) is 1.07. The van der Waals surface area contributed by atoms with Gasteiger partial charge in [0.1, 0.15) is 5.82 Å². The van der Waals surface area contributed by atoms with Crippen LogP contribution < -0.4 is 5.32 Å². The predicted molar refractivity (Wildman–Crippen MR) is 96.5 cm³/mol. The number of rotatable bonds is 4. The minimum Gasteiger partial charge on any atom is -0.322 e. The maximum Gasteiger partial charge on any atom is 0.256 e. The molecule has 0 saturated carbocycles. The minimum atomic E-state index is -3.48. The van der Waals surface area contributed by atoms with Crippen molar-refractivity contribution in [3.05, 3.63) is 58.3 Å². The highest BCUT2D eigenvalue weighted by Crippen LogP contribution is 2.23. The lowest BCUT2D eigenvalue weighted by Crippen LogP contribution is -2.27. The van der Waals surface area contributed by atoms with Crippen LogP contribution in [-0.2, 0) is 10.0 Å². The van der Waals surface area contributed by atoms with E-state index in [4.69, 9.17) is 0 Å². The fourth-order valence-electron chi connectivity index (χ4n) is 2.66. The largest absolute Gasteiger partial charge is 0.322 e. The molecule has 1 aliphatic rings. The standard InChI is InChI=1S/C17H16BrFN2O3S/c18-16-8-3-12(19)11-15(16)17(22)20-13-4-6-14(7-5-13)25(23,24)21-9-1-2-10-21/h3-8,11H,1-2,9-10H2,(H,20,22). The lowest BCUT2D eigenvalue weighted by atomic mass is 10.2. The number of nitrogens with zero attached hydrogens (tertiary/aromatic N) is 1. The van der Waals surface area contributed by atoms with Gasteiger partial charge in [-0.25, -0.2) is 12.8 Å². The minimum absolute atomic E-state index is 0.161. The number of amides is 1. The van der Waals surface area contributed by atoms with Gasteiger partial charge in [0.15, 0.2) is 0 Å². The topological polar surface area (TPSA) is 66.5 Å². The van der Waals surface area contributed by atoms with Crippen molar-refractivity contribution in [3.63, 3.8) is 0 Å². The monoisotopic (exact) mass is 426 g/mol. The number of hydrogen-bond acceptors (Lipinski definition) is 3. The van der Waals surface area contributed by atoms with E-state index in [1.165, 1.54) is 40.7 Å². The second kappa shape index (κ2) is 7.23. The first kappa shape index (κ1) is 18.0. The van der Waals surface area contributed by atoms with Gasteiger partial charge in [-0.2, -0.15) is 4.31 Å². The molecule has 25 heavy (non-hydrogen) atoms. The molecule has 0 bridgehead atoms. The van der Waals surface area contributed by atoms with Crippen LogP contribution in [0.4, 0.5) is 10.1 Å². The lowest BCUT2D eigenvalue weighted by Gasteiger charge is -2.15. The summed E-state index contributed by atoms with van der Waals surface area (Å²) in [5.41, 5.74) is 0.593. The second-order valence-corrected chi connectivity index (χ2v) is 8.51. The molecule has 1 heterocycles. The molecule has 5 nitrogen and oxygen atoms in total. The Morgan fingerprint density at radius 1 is 1.08 bits per heavy atom. The molecule has 0 aliphatic carbocycles. The molecule has 2 aromatic carbocycles. The molecule has 1 N–H and O–H groups in total. The Bertz CT molecular complexity index is 895. The molecule has 0 radical (unpaired) electrons. The van der Waals surface area contributed by atoms with Crippen LogP contribution in [-0.4, -0.2) is 31.7 Å². The second-order valence-electron chi connectivity index (χ2n) is 5.71. The van der Waals surface area contributed by atoms with E-state index < -0.39 is 21.7 Å². The van der Waals surface area contributed by atoms with E-state index in [0.29, 0.717) is 23.2 Å². The Labute approximate surface area is 154 Å². The quantitative estimate of drug-likeness (QED) is 0.811. The number of benzene rings is 2. The number of anilines is 1. The lowest BCUT2D eigenvalue weighted by molar-refractivity contribution is 0.102. The van der Waals surface area contributed by atoms with Gasteiger partial charge in [-0.15, -0.1) is 0 Å². The summed E-state index contributed by atoms with van der Waals surface area (Å²) in [5, 5.41) is 2.63. The van der Waals surface area contributed by atoms with Crippen molar-refractivity contribution in [3.8, 4) is 0 Å². The fourth-order valence-corrected chi connectivity index (χ4v) is 4.60. The number of nitrogens with one attached hydrogen (secondary N) is 1. The highest BCUT2D eigenvalue weighted by atomic mass is 79.9. The van der Waals surface area contributed by atoms with Crippen molar-refractivity contribution in [2.75, 3.05) is 18.4 Å². The number of hydrogen-bond donors (Lipinski definition) is 1. The van der Waals surface area contributed by atoms with Crippen molar-refractivity contribution >= 4 is 37.5 Å². The van der Waals surface area contributed by atoms with E-state index in [9.17, 15) is 17.6 Å². The van der Waals surface area contributed by atoms with Gasteiger partial charge in [-0.1, -0.05) is 0 Å². The van der Waals surface area contributed by atoms with Gasteiger partial charge in [-0.3, -0.25) is 4.79 Å². The average Bonchev–Trinajstić information content (AvgIpc) is 3.13. The first-order valence-corrected chi connectivity index (χ1v) is 9.98. The molecule has 1 saturated heterocycles. The molecule has 2 aromatic rings. The zero-order valence-corrected chi connectivity index (χ0v) is 15.6. The van der Waals surface area contributed by atoms with Crippen LogP contribution in [0.3, 0.4) is 0 Å². The Hall–Kier alpha value is -1.77. The van der Waals surface area contributed by atoms with E-state index in [-0.39, 0.29) is 10.5 Å². The van der Waals surface area contributed by atoms with Crippen LogP contribution >= 0.6 is 15.9 Å². The van der Waals surface area contributed by atoms with Crippen molar-refractivity contribution in [2.24, 2.45) is 0 Å².